The van der Waals surface area contributed by atoms with Crippen LogP contribution in [0, 0.1) is 24.0 Å². The number of ether oxygens (including phenoxy) is 1. The Morgan fingerprint density at radius 3 is 3.00 bits per heavy atom. The first-order valence-electron chi connectivity index (χ1n) is 7.53. The minimum Gasteiger partial charge on any atom is -0.368 e. The summed E-state index contributed by atoms with van der Waals surface area (Å²) in [5, 5.41) is 14.1. The first kappa shape index (κ1) is 16.0. The molecule has 0 aliphatic carbocycles. The van der Waals surface area contributed by atoms with E-state index in [0.29, 0.717) is 18.7 Å². The van der Waals surface area contributed by atoms with Crippen molar-refractivity contribution in [3.05, 3.63) is 55.5 Å². The highest BCUT2D eigenvalue weighted by atomic mass is 32.1. The summed E-state index contributed by atoms with van der Waals surface area (Å²) in [6.45, 7) is 6.66. The Hall–Kier alpha value is -1.83. The number of nitro groups is 1. The lowest BCUT2D eigenvalue weighted by atomic mass is 10.1. The molecule has 0 N–H and O–H groups in total. The quantitative estimate of drug-likeness (QED) is 0.634. The monoisotopic (exact) mass is 333 g/mol. The standard InChI is InChI=1S/C16H19N3O3S/c1-11-3-4-13(7-14(11)19(20)21)8-18-5-6-22-15(9-18)16-17-12(2)10-23-16/h3-4,7,10,15H,5-6,8-9H2,1-2H3/t15-/m0/s1. The van der Waals surface area contributed by atoms with Gasteiger partial charge in [0.05, 0.1) is 11.5 Å². The molecule has 0 amide bonds. The molecule has 0 radical (unpaired) electrons. The average molecular weight is 333 g/mol. The Bertz CT molecular complexity index is 716. The van der Waals surface area contributed by atoms with E-state index in [4.69, 9.17) is 4.74 Å². The van der Waals surface area contributed by atoms with Crippen LogP contribution in [0.15, 0.2) is 23.6 Å². The van der Waals surface area contributed by atoms with Crippen molar-refractivity contribution < 1.29 is 9.66 Å². The zero-order valence-corrected chi connectivity index (χ0v) is 14.0. The van der Waals surface area contributed by atoms with Crippen LogP contribution in [0.4, 0.5) is 5.69 Å². The maximum atomic E-state index is 11.1. The zero-order valence-electron chi connectivity index (χ0n) is 13.2. The molecule has 0 bridgehead atoms. The highest BCUT2D eigenvalue weighted by molar-refractivity contribution is 7.09. The smallest absolute Gasteiger partial charge is 0.272 e. The van der Waals surface area contributed by atoms with Crippen molar-refractivity contribution in [3.8, 4) is 0 Å². The van der Waals surface area contributed by atoms with Crippen molar-refractivity contribution in [2.24, 2.45) is 0 Å². The number of morpholine rings is 1. The van der Waals surface area contributed by atoms with E-state index in [9.17, 15) is 10.1 Å². The van der Waals surface area contributed by atoms with Crippen LogP contribution in [0.1, 0.15) is 27.9 Å². The Kier molecular flexibility index (Phi) is 4.70. The molecule has 0 saturated carbocycles. The van der Waals surface area contributed by atoms with Crippen LogP contribution >= 0.6 is 11.3 Å². The third kappa shape index (κ3) is 3.74. The van der Waals surface area contributed by atoms with Gasteiger partial charge in [-0.3, -0.25) is 15.0 Å². The Morgan fingerprint density at radius 2 is 2.30 bits per heavy atom. The molecular weight excluding hydrogens is 314 g/mol. The van der Waals surface area contributed by atoms with Gasteiger partial charge in [-0.25, -0.2) is 4.98 Å². The third-order valence-electron chi connectivity index (χ3n) is 3.94. The van der Waals surface area contributed by atoms with Gasteiger partial charge in [-0.2, -0.15) is 0 Å². The van der Waals surface area contributed by atoms with Crippen LogP contribution < -0.4 is 0 Å². The number of hydrogen-bond donors (Lipinski definition) is 0. The number of nitrogens with zero attached hydrogens (tertiary/aromatic N) is 3. The lowest BCUT2D eigenvalue weighted by Gasteiger charge is -2.32. The summed E-state index contributed by atoms with van der Waals surface area (Å²) in [5.41, 5.74) is 2.85. The molecule has 1 aromatic heterocycles. The molecule has 2 aromatic rings. The van der Waals surface area contributed by atoms with E-state index in [0.717, 1.165) is 29.4 Å². The normalized spacial score (nSPS) is 19.0. The number of hydrogen-bond acceptors (Lipinski definition) is 6. The highest BCUT2D eigenvalue weighted by Gasteiger charge is 2.24. The fourth-order valence-electron chi connectivity index (χ4n) is 2.72. The van der Waals surface area contributed by atoms with Gasteiger partial charge in [-0.05, 0) is 19.4 Å². The fourth-order valence-corrected chi connectivity index (χ4v) is 3.56. The van der Waals surface area contributed by atoms with E-state index in [-0.39, 0.29) is 16.7 Å². The molecule has 23 heavy (non-hydrogen) atoms. The topological polar surface area (TPSA) is 68.5 Å². The molecule has 1 fully saturated rings. The molecule has 7 heteroatoms. The van der Waals surface area contributed by atoms with Gasteiger partial charge in [0.2, 0.25) is 0 Å². The largest absolute Gasteiger partial charge is 0.368 e. The molecule has 3 rings (SSSR count). The molecule has 1 aliphatic heterocycles. The van der Waals surface area contributed by atoms with Crippen LogP contribution in [-0.4, -0.2) is 34.5 Å². The first-order chi connectivity index (χ1) is 11.0. The van der Waals surface area contributed by atoms with Crippen molar-refractivity contribution >= 4 is 17.0 Å². The van der Waals surface area contributed by atoms with Crippen LogP contribution in [0.5, 0.6) is 0 Å². The summed E-state index contributed by atoms with van der Waals surface area (Å²) < 4.78 is 5.82. The number of nitro benzene ring substituents is 1. The van der Waals surface area contributed by atoms with Gasteiger partial charge in [0.1, 0.15) is 11.1 Å². The fraction of sp³-hybridized carbons (Fsp3) is 0.438. The summed E-state index contributed by atoms with van der Waals surface area (Å²) in [5.74, 6) is 0. The minimum atomic E-state index is -0.320. The van der Waals surface area contributed by atoms with Crippen LogP contribution in [0.3, 0.4) is 0 Å². The van der Waals surface area contributed by atoms with Crippen molar-refractivity contribution in [1.82, 2.24) is 9.88 Å². The second-order valence-corrected chi connectivity index (χ2v) is 6.69. The number of rotatable bonds is 4. The van der Waals surface area contributed by atoms with Gasteiger partial charge in [-0.1, -0.05) is 12.1 Å². The van der Waals surface area contributed by atoms with Gasteiger partial charge < -0.3 is 4.74 Å². The summed E-state index contributed by atoms with van der Waals surface area (Å²) in [7, 11) is 0. The van der Waals surface area contributed by atoms with E-state index in [1.165, 1.54) is 0 Å². The molecular formula is C16H19N3O3S. The molecule has 122 valence electrons. The van der Waals surface area contributed by atoms with E-state index >= 15 is 0 Å². The number of aryl methyl sites for hydroxylation is 2. The van der Waals surface area contributed by atoms with E-state index in [1.807, 2.05) is 24.4 Å². The van der Waals surface area contributed by atoms with Gasteiger partial charge in [-0.15, -0.1) is 11.3 Å². The van der Waals surface area contributed by atoms with E-state index in [2.05, 4.69) is 9.88 Å². The predicted octanol–water partition coefficient (Wildman–Crippen LogP) is 3.24. The summed E-state index contributed by atoms with van der Waals surface area (Å²) in [4.78, 5) is 17.5. The maximum Gasteiger partial charge on any atom is 0.272 e. The molecule has 1 saturated heterocycles. The van der Waals surface area contributed by atoms with Crippen molar-refractivity contribution in [1.29, 1.82) is 0 Å². The van der Waals surface area contributed by atoms with Gasteiger partial charge >= 0.3 is 0 Å². The second kappa shape index (κ2) is 6.74. The van der Waals surface area contributed by atoms with Crippen LogP contribution in [0.2, 0.25) is 0 Å². The summed E-state index contributed by atoms with van der Waals surface area (Å²) in [6, 6.07) is 5.45. The highest BCUT2D eigenvalue weighted by Crippen LogP contribution is 2.27. The van der Waals surface area contributed by atoms with Crippen molar-refractivity contribution in [2.75, 3.05) is 19.7 Å². The molecule has 0 spiro atoms. The van der Waals surface area contributed by atoms with E-state index < -0.39 is 0 Å². The molecule has 1 aromatic carbocycles. The number of thiazole rings is 1. The molecule has 1 atom stereocenters. The van der Waals surface area contributed by atoms with Crippen molar-refractivity contribution in [3.63, 3.8) is 0 Å². The lowest BCUT2D eigenvalue weighted by Crippen LogP contribution is -2.37. The Balaban J connectivity index is 1.70. The summed E-state index contributed by atoms with van der Waals surface area (Å²) >= 11 is 1.62. The Morgan fingerprint density at radius 1 is 1.48 bits per heavy atom. The van der Waals surface area contributed by atoms with Crippen LogP contribution in [-0.2, 0) is 11.3 Å². The first-order valence-corrected chi connectivity index (χ1v) is 8.41. The van der Waals surface area contributed by atoms with Crippen LogP contribution in [0.25, 0.3) is 0 Å². The van der Waals surface area contributed by atoms with E-state index in [1.54, 1.807) is 24.3 Å². The molecule has 6 nitrogen and oxygen atoms in total. The van der Waals surface area contributed by atoms with Crippen molar-refractivity contribution in [2.45, 2.75) is 26.5 Å². The molecule has 0 unspecified atom stereocenters. The minimum absolute atomic E-state index is 0.0112. The SMILES string of the molecule is Cc1csc([C@@H]2CN(Cc3ccc(C)c([N+](=O)[O-])c3)CCO2)n1. The molecule has 2 heterocycles. The number of benzene rings is 1. The van der Waals surface area contributed by atoms with Gasteiger partial charge in [0.25, 0.3) is 5.69 Å². The zero-order chi connectivity index (χ0) is 16.4. The predicted molar refractivity (Wildman–Crippen MR) is 88.7 cm³/mol. The average Bonchev–Trinajstić information content (AvgIpc) is 2.96. The second-order valence-electron chi connectivity index (χ2n) is 5.80. The third-order valence-corrected chi connectivity index (χ3v) is 4.99. The lowest BCUT2D eigenvalue weighted by molar-refractivity contribution is -0.385. The maximum absolute atomic E-state index is 11.1. The van der Waals surface area contributed by atoms with Gasteiger partial charge in [0, 0.05) is 42.3 Å². The molecule has 1 aliphatic rings. The Labute approximate surface area is 138 Å². The van der Waals surface area contributed by atoms with Gasteiger partial charge in [0.15, 0.2) is 0 Å². The summed E-state index contributed by atoms with van der Waals surface area (Å²) in [6.07, 6.45) is -0.0112. The number of aromatic nitrogens is 1.